The van der Waals surface area contributed by atoms with Crippen molar-refractivity contribution in [3.8, 4) is 0 Å². The highest BCUT2D eigenvalue weighted by Crippen LogP contribution is 1.92. The van der Waals surface area contributed by atoms with E-state index in [0.717, 1.165) is 13.0 Å². The number of nitrogens with one attached hydrogen (secondary N) is 1. The Bertz CT molecular complexity index is 117. The van der Waals surface area contributed by atoms with E-state index in [1.165, 1.54) is 6.42 Å². The zero-order chi connectivity index (χ0) is 9.40. The van der Waals surface area contributed by atoms with Gasteiger partial charge < -0.3 is 9.75 Å². The van der Waals surface area contributed by atoms with Crippen molar-refractivity contribution in [3.05, 3.63) is 12.8 Å². The van der Waals surface area contributed by atoms with E-state index in [4.69, 9.17) is 4.74 Å². The minimum atomic E-state index is 0.0551. The van der Waals surface area contributed by atoms with E-state index in [9.17, 15) is 0 Å². The van der Waals surface area contributed by atoms with Gasteiger partial charge in [0.05, 0.1) is 0 Å². The maximum Gasteiger partial charge on any atom is 0.121 e. The second kappa shape index (κ2) is 7.13. The van der Waals surface area contributed by atoms with Crippen LogP contribution in [0.3, 0.4) is 0 Å². The van der Waals surface area contributed by atoms with Crippen LogP contribution in [0.2, 0.25) is 0 Å². The molecule has 0 rings (SSSR count). The fourth-order valence-electron chi connectivity index (χ4n) is 0.781. The van der Waals surface area contributed by atoms with Crippen molar-refractivity contribution >= 4 is 0 Å². The van der Waals surface area contributed by atoms with Crippen LogP contribution in [0.15, 0.2) is 12.8 Å². The van der Waals surface area contributed by atoms with Crippen LogP contribution in [-0.4, -0.2) is 24.9 Å². The highest BCUT2D eigenvalue weighted by molar-refractivity contribution is 4.62. The van der Waals surface area contributed by atoms with Gasteiger partial charge in [0.1, 0.15) is 6.23 Å². The molecule has 0 aliphatic heterocycles. The van der Waals surface area contributed by atoms with Crippen molar-refractivity contribution in [2.24, 2.45) is 0 Å². The second-order valence-corrected chi connectivity index (χ2v) is 2.79. The standard InChI is InChI=1S/C9H20N2O/c1-5-7-8-12-9(3)10-11(4)6-2/h6,9-10H,2,5,7-8H2,1,3-4H3. The highest BCUT2D eigenvalue weighted by atomic mass is 16.5. The topological polar surface area (TPSA) is 24.5 Å². The summed E-state index contributed by atoms with van der Waals surface area (Å²) in [5, 5.41) is 1.79. The smallest absolute Gasteiger partial charge is 0.121 e. The van der Waals surface area contributed by atoms with E-state index in [2.05, 4.69) is 18.9 Å². The molecule has 3 nitrogen and oxygen atoms in total. The molecule has 12 heavy (non-hydrogen) atoms. The molecule has 0 saturated carbocycles. The number of hydrogen-bond donors (Lipinski definition) is 1. The molecule has 0 fully saturated rings. The second-order valence-electron chi connectivity index (χ2n) is 2.79. The Morgan fingerprint density at radius 1 is 1.67 bits per heavy atom. The van der Waals surface area contributed by atoms with E-state index in [0.29, 0.717) is 0 Å². The fraction of sp³-hybridized carbons (Fsp3) is 0.778. The molecule has 0 aliphatic rings. The molecule has 0 aromatic rings. The van der Waals surface area contributed by atoms with Gasteiger partial charge in [0.15, 0.2) is 0 Å². The molecule has 0 saturated heterocycles. The molecule has 0 radical (unpaired) electrons. The summed E-state index contributed by atoms with van der Waals surface area (Å²) in [5.74, 6) is 0. The quantitative estimate of drug-likeness (QED) is 0.359. The third kappa shape index (κ3) is 6.19. The zero-order valence-electron chi connectivity index (χ0n) is 8.34. The molecule has 1 atom stereocenters. The minimum absolute atomic E-state index is 0.0551. The van der Waals surface area contributed by atoms with Crippen molar-refractivity contribution in [2.75, 3.05) is 13.7 Å². The molecule has 1 unspecified atom stereocenters. The van der Waals surface area contributed by atoms with Crippen molar-refractivity contribution in [3.63, 3.8) is 0 Å². The third-order valence-electron chi connectivity index (χ3n) is 1.53. The average Bonchev–Trinajstić information content (AvgIpc) is 2.05. The first-order valence-corrected chi connectivity index (χ1v) is 4.43. The van der Waals surface area contributed by atoms with Crippen molar-refractivity contribution in [1.82, 2.24) is 10.4 Å². The summed E-state index contributed by atoms with van der Waals surface area (Å²) in [6.45, 7) is 8.57. The Hall–Kier alpha value is -0.540. The first-order chi connectivity index (χ1) is 5.70. The molecule has 0 amide bonds. The zero-order valence-corrected chi connectivity index (χ0v) is 8.34. The Balaban J connectivity index is 3.32. The van der Waals surface area contributed by atoms with Crippen LogP contribution in [0, 0.1) is 0 Å². The summed E-state index contributed by atoms with van der Waals surface area (Å²) in [6.07, 6.45) is 4.05. The van der Waals surface area contributed by atoms with Crippen LogP contribution in [0.4, 0.5) is 0 Å². The number of rotatable bonds is 7. The molecular formula is C9H20N2O. The lowest BCUT2D eigenvalue weighted by atomic mass is 10.4. The van der Waals surface area contributed by atoms with Gasteiger partial charge in [0.2, 0.25) is 0 Å². The predicted octanol–water partition coefficient (Wildman–Crippen LogP) is 1.73. The first-order valence-electron chi connectivity index (χ1n) is 4.43. The van der Waals surface area contributed by atoms with E-state index >= 15 is 0 Å². The summed E-state index contributed by atoms with van der Waals surface area (Å²) >= 11 is 0. The van der Waals surface area contributed by atoms with Gasteiger partial charge >= 0.3 is 0 Å². The number of hydrogen-bond acceptors (Lipinski definition) is 3. The minimum Gasteiger partial charge on any atom is -0.362 e. The van der Waals surface area contributed by atoms with Gasteiger partial charge in [0, 0.05) is 19.9 Å². The van der Waals surface area contributed by atoms with Gasteiger partial charge in [-0.05, 0) is 13.3 Å². The molecule has 0 spiro atoms. The van der Waals surface area contributed by atoms with Crippen molar-refractivity contribution in [2.45, 2.75) is 32.9 Å². The number of hydrazine groups is 1. The summed E-state index contributed by atoms with van der Waals surface area (Å²) in [7, 11) is 1.90. The van der Waals surface area contributed by atoms with E-state index in [1.807, 2.05) is 14.0 Å². The molecule has 72 valence electrons. The Morgan fingerprint density at radius 3 is 2.83 bits per heavy atom. The summed E-state index contributed by atoms with van der Waals surface area (Å²) < 4.78 is 5.45. The first kappa shape index (κ1) is 11.5. The molecular weight excluding hydrogens is 152 g/mol. The lowest BCUT2D eigenvalue weighted by Gasteiger charge is -2.21. The van der Waals surface area contributed by atoms with Gasteiger partial charge in [-0.2, -0.15) is 0 Å². The van der Waals surface area contributed by atoms with Crippen LogP contribution in [0.5, 0.6) is 0 Å². The summed E-state index contributed by atoms with van der Waals surface area (Å²) in [4.78, 5) is 0. The van der Waals surface area contributed by atoms with Crippen LogP contribution < -0.4 is 5.43 Å². The molecule has 0 aliphatic carbocycles. The molecule has 0 aromatic heterocycles. The lowest BCUT2D eigenvalue weighted by Crippen LogP contribution is -2.38. The number of nitrogens with zero attached hydrogens (tertiary/aromatic N) is 1. The van der Waals surface area contributed by atoms with Crippen LogP contribution >= 0.6 is 0 Å². The summed E-state index contributed by atoms with van der Waals surface area (Å²) in [6, 6.07) is 0. The van der Waals surface area contributed by atoms with Gasteiger partial charge in [-0.25, -0.2) is 5.43 Å². The Kier molecular flexibility index (Phi) is 6.81. The Labute approximate surface area is 75.4 Å². The lowest BCUT2D eigenvalue weighted by molar-refractivity contribution is 0.00484. The van der Waals surface area contributed by atoms with Gasteiger partial charge in [-0.15, -0.1) is 0 Å². The van der Waals surface area contributed by atoms with Crippen molar-refractivity contribution < 1.29 is 4.74 Å². The van der Waals surface area contributed by atoms with Crippen molar-refractivity contribution in [1.29, 1.82) is 0 Å². The van der Waals surface area contributed by atoms with Crippen LogP contribution in [0.25, 0.3) is 0 Å². The van der Waals surface area contributed by atoms with Crippen LogP contribution in [0.1, 0.15) is 26.7 Å². The predicted molar refractivity (Wildman–Crippen MR) is 51.4 cm³/mol. The number of ether oxygens (including phenoxy) is 1. The third-order valence-corrected chi connectivity index (χ3v) is 1.53. The maximum absolute atomic E-state index is 5.45. The molecule has 3 heteroatoms. The van der Waals surface area contributed by atoms with E-state index < -0.39 is 0 Å². The molecule has 0 aromatic carbocycles. The average molecular weight is 172 g/mol. The molecule has 0 bridgehead atoms. The number of unbranched alkanes of at least 4 members (excludes halogenated alkanes) is 1. The van der Waals surface area contributed by atoms with Gasteiger partial charge in [-0.3, -0.25) is 0 Å². The van der Waals surface area contributed by atoms with Crippen LogP contribution in [-0.2, 0) is 4.74 Å². The van der Waals surface area contributed by atoms with E-state index in [1.54, 1.807) is 11.2 Å². The maximum atomic E-state index is 5.45. The normalized spacial score (nSPS) is 12.6. The Morgan fingerprint density at radius 2 is 2.33 bits per heavy atom. The summed E-state index contributed by atoms with van der Waals surface area (Å²) in [5.41, 5.74) is 3.08. The van der Waals surface area contributed by atoms with E-state index in [-0.39, 0.29) is 6.23 Å². The largest absolute Gasteiger partial charge is 0.362 e. The molecule has 0 heterocycles. The van der Waals surface area contributed by atoms with Gasteiger partial charge in [0.25, 0.3) is 0 Å². The highest BCUT2D eigenvalue weighted by Gasteiger charge is 2.00. The monoisotopic (exact) mass is 172 g/mol. The SMILES string of the molecule is C=CN(C)NC(C)OCCCC. The fourth-order valence-corrected chi connectivity index (χ4v) is 0.781. The van der Waals surface area contributed by atoms with Gasteiger partial charge in [-0.1, -0.05) is 19.9 Å². The molecule has 1 N–H and O–H groups in total.